The summed E-state index contributed by atoms with van der Waals surface area (Å²) in [5.41, 5.74) is -0.476. The summed E-state index contributed by atoms with van der Waals surface area (Å²) in [7, 11) is 0. The molecule has 4 nitrogen and oxygen atoms in total. The standard InChI is InChI=1S/C17H31NO3/c1-5-7-14-8-6-12-18(13-11-14)15(19)9-10-16(20)21-17(2,3)4/h14H,5-13H2,1-4H3. The van der Waals surface area contributed by atoms with Crippen LogP contribution in [-0.4, -0.2) is 35.5 Å². The Morgan fingerprint density at radius 3 is 2.48 bits per heavy atom. The van der Waals surface area contributed by atoms with Crippen LogP contribution in [0.4, 0.5) is 0 Å². The van der Waals surface area contributed by atoms with E-state index in [0.717, 1.165) is 31.8 Å². The van der Waals surface area contributed by atoms with Gasteiger partial charge in [0.05, 0.1) is 6.42 Å². The third kappa shape index (κ3) is 7.49. The smallest absolute Gasteiger partial charge is 0.306 e. The molecule has 1 fully saturated rings. The summed E-state index contributed by atoms with van der Waals surface area (Å²) in [6, 6.07) is 0. The largest absolute Gasteiger partial charge is 0.460 e. The zero-order valence-corrected chi connectivity index (χ0v) is 14.1. The first-order valence-corrected chi connectivity index (χ1v) is 8.31. The van der Waals surface area contributed by atoms with Crippen molar-refractivity contribution in [2.75, 3.05) is 13.1 Å². The third-order valence-corrected chi connectivity index (χ3v) is 3.86. The number of likely N-dealkylation sites (tertiary alicyclic amines) is 1. The zero-order chi connectivity index (χ0) is 15.9. The molecule has 0 aromatic carbocycles. The SMILES string of the molecule is CCCC1CCCN(C(=O)CCC(=O)OC(C)(C)C)CC1. The number of nitrogens with zero attached hydrogens (tertiary/aromatic N) is 1. The maximum absolute atomic E-state index is 12.2. The number of hydrogen-bond acceptors (Lipinski definition) is 3. The van der Waals surface area contributed by atoms with Crippen LogP contribution in [0.2, 0.25) is 0 Å². The number of rotatable bonds is 5. The Morgan fingerprint density at radius 2 is 1.86 bits per heavy atom. The predicted molar refractivity (Wildman–Crippen MR) is 83.9 cm³/mol. The van der Waals surface area contributed by atoms with E-state index in [0.29, 0.717) is 0 Å². The van der Waals surface area contributed by atoms with Crippen molar-refractivity contribution < 1.29 is 14.3 Å². The quantitative estimate of drug-likeness (QED) is 0.729. The molecule has 1 amide bonds. The van der Waals surface area contributed by atoms with Crippen LogP contribution in [0.25, 0.3) is 0 Å². The molecule has 1 aliphatic rings. The van der Waals surface area contributed by atoms with Crippen LogP contribution in [0.3, 0.4) is 0 Å². The Balaban J connectivity index is 2.33. The molecule has 1 aliphatic heterocycles. The molecule has 1 saturated heterocycles. The van der Waals surface area contributed by atoms with E-state index in [4.69, 9.17) is 4.74 Å². The van der Waals surface area contributed by atoms with Gasteiger partial charge in [0.1, 0.15) is 5.60 Å². The summed E-state index contributed by atoms with van der Waals surface area (Å²) in [6.07, 6.45) is 6.36. The van der Waals surface area contributed by atoms with Gasteiger partial charge in [-0.1, -0.05) is 19.8 Å². The summed E-state index contributed by atoms with van der Waals surface area (Å²) >= 11 is 0. The lowest BCUT2D eigenvalue weighted by Crippen LogP contribution is -2.33. The molecule has 0 spiro atoms. The van der Waals surface area contributed by atoms with Crippen LogP contribution in [0.1, 0.15) is 72.6 Å². The van der Waals surface area contributed by atoms with Crippen molar-refractivity contribution in [3.8, 4) is 0 Å². The van der Waals surface area contributed by atoms with E-state index in [1.165, 1.54) is 19.3 Å². The zero-order valence-electron chi connectivity index (χ0n) is 14.1. The molecule has 0 saturated carbocycles. The predicted octanol–water partition coefficient (Wildman–Crippen LogP) is 3.54. The second-order valence-electron chi connectivity index (χ2n) is 7.05. The molecule has 1 atom stereocenters. The van der Waals surface area contributed by atoms with Gasteiger partial charge in [-0.15, -0.1) is 0 Å². The van der Waals surface area contributed by atoms with Crippen molar-refractivity contribution in [3.63, 3.8) is 0 Å². The number of hydrogen-bond donors (Lipinski definition) is 0. The Labute approximate surface area is 129 Å². The number of esters is 1. The molecule has 0 bridgehead atoms. The lowest BCUT2D eigenvalue weighted by molar-refractivity contribution is -0.156. The van der Waals surface area contributed by atoms with Gasteiger partial charge in [-0.05, 0) is 46.0 Å². The minimum Gasteiger partial charge on any atom is -0.460 e. The summed E-state index contributed by atoms with van der Waals surface area (Å²) < 4.78 is 5.24. The number of amides is 1. The van der Waals surface area contributed by atoms with E-state index in [1.54, 1.807) is 0 Å². The van der Waals surface area contributed by atoms with Crippen molar-refractivity contribution in [2.24, 2.45) is 5.92 Å². The summed E-state index contributed by atoms with van der Waals surface area (Å²) in [5.74, 6) is 0.575. The van der Waals surface area contributed by atoms with Crippen LogP contribution in [0.15, 0.2) is 0 Å². The molecule has 4 heteroatoms. The van der Waals surface area contributed by atoms with Crippen molar-refractivity contribution in [1.82, 2.24) is 4.90 Å². The molecule has 0 aromatic rings. The first kappa shape index (κ1) is 18.0. The average Bonchev–Trinajstić information content (AvgIpc) is 2.60. The molecule has 0 aliphatic carbocycles. The minimum absolute atomic E-state index is 0.0954. The van der Waals surface area contributed by atoms with Gasteiger partial charge >= 0.3 is 5.97 Å². The fourth-order valence-corrected chi connectivity index (χ4v) is 2.87. The lowest BCUT2D eigenvalue weighted by atomic mass is 9.96. The van der Waals surface area contributed by atoms with Gasteiger partial charge in [0, 0.05) is 19.5 Å². The van der Waals surface area contributed by atoms with E-state index in [9.17, 15) is 9.59 Å². The Kier molecular flexibility index (Phi) is 7.20. The number of carbonyl (C=O) groups excluding carboxylic acids is 2. The van der Waals surface area contributed by atoms with Gasteiger partial charge in [0.15, 0.2) is 0 Å². The van der Waals surface area contributed by atoms with Crippen molar-refractivity contribution in [1.29, 1.82) is 0 Å². The summed E-state index contributed by atoms with van der Waals surface area (Å²) in [6.45, 7) is 9.43. The van der Waals surface area contributed by atoms with Crippen LogP contribution >= 0.6 is 0 Å². The Hall–Kier alpha value is -1.06. The first-order valence-electron chi connectivity index (χ1n) is 8.31. The van der Waals surface area contributed by atoms with Gasteiger partial charge in [-0.25, -0.2) is 0 Å². The molecule has 1 rings (SSSR count). The first-order chi connectivity index (χ1) is 9.81. The normalized spacial score (nSPS) is 20.0. The fourth-order valence-electron chi connectivity index (χ4n) is 2.87. The highest BCUT2D eigenvalue weighted by Crippen LogP contribution is 2.22. The highest BCUT2D eigenvalue weighted by Gasteiger charge is 2.22. The number of ether oxygens (including phenoxy) is 1. The van der Waals surface area contributed by atoms with E-state index in [-0.39, 0.29) is 24.7 Å². The van der Waals surface area contributed by atoms with Crippen molar-refractivity contribution in [3.05, 3.63) is 0 Å². The maximum atomic E-state index is 12.2. The minimum atomic E-state index is -0.476. The van der Waals surface area contributed by atoms with E-state index < -0.39 is 5.60 Å². The summed E-state index contributed by atoms with van der Waals surface area (Å²) in [5, 5.41) is 0. The average molecular weight is 297 g/mol. The Bertz CT molecular complexity index is 346. The van der Waals surface area contributed by atoms with Crippen LogP contribution < -0.4 is 0 Å². The summed E-state index contributed by atoms with van der Waals surface area (Å²) in [4.78, 5) is 25.8. The maximum Gasteiger partial charge on any atom is 0.306 e. The lowest BCUT2D eigenvalue weighted by Gasteiger charge is -2.22. The topological polar surface area (TPSA) is 46.6 Å². The third-order valence-electron chi connectivity index (χ3n) is 3.86. The second-order valence-corrected chi connectivity index (χ2v) is 7.05. The molecule has 0 aromatic heterocycles. The molecular weight excluding hydrogens is 266 g/mol. The molecule has 122 valence electrons. The highest BCUT2D eigenvalue weighted by molar-refractivity contribution is 5.81. The molecule has 0 radical (unpaired) electrons. The van der Waals surface area contributed by atoms with E-state index in [2.05, 4.69) is 6.92 Å². The van der Waals surface area contributed by atoms with Gasteiger partial charge in [-0.3, -0.25) is 9.59 Å². The Morgan fingerprint density at radius 1 is 1.14 bits per heavy atom. The second kappa shape index (κ2) is 8.40. The van der Waals surface area contributed by atoms with Crippen LogP contribution in [0.5, 0.6) is 0 Å². The fraction of sp³-hybridized carbons (Fsp3) is 0.882. The van der Waals surface area contributed by atoms with Gasteiger partial charge in [-0.2, -0.15) is 0 Å². The highest BCUT2D eigenvalue weighted by atomic mass is 16.6. The monoisotopic (exact) mass is 297 g/mol. The van der Waals surface area contributed by atoms with Gasteiger partial charge in [0.25, 0.3) is 0 Å². The molecule has 0 N–H and O–H groups in total. The van der Waals surface area contributed by atoms with Gasteiger partial charge in [0.2, 0.25) is 5.91 Å². The van der Waals surface area contributed by atoms with E-state index in [1.807, 2.05) is 25.7 Å². The van der Waals surface area contributed by atoms with Crippen LogP contribution in [-0.2, 0) is 14.3 Å². The number of carbonyl (C=O) groups is 2. The van der Waals surface area contributed by atoms with Gasteiger partial charge < -0.3 is 9.64 Å². The molecular formula is C17H31NO3. The van der Waals surface area contributed by atoms with Crippen molar-refractivity contribution >= 4 is 11.9 Å². The molecule has 1 unspecified atom stereocenters. The molecule has 21 heavy (non-hydrogen) atoms. The van der Waals surface area contributed by atoms with Crippen LogP contribution in [0, 0.1) is 5.92 Å². The van der Waals surface area contributed by atoms with Crippen molar-refractivity contribution in [2.45, 2.75) is 78.2 Å². The molecule has 1 heterocycles. The van der Waals surface area contributed by atoms with E-state index >= 15 is 0 Å².